The van der Waals surface area contributed by atoms with E-state index in [0.717, 1.165) is 12.1 Å². The summed E-state index contributed by atoms with van der Waals surface area (Å²) in [4.78, 5) is 14.0. The Morgan fingerprint density at radius 3 is 2.46 bits per heavy atom. The van der Waals surface area contributed by atoms with E-state index in [2.05, 4.69) is 5.10 Å². The van der Waals surface area contributed by atoms with Gasteiger partial charge in [0.1, 0.15) is 12.4 Å². The molecule has 0 radical (unpaired) electrons. The smallest absolute Gasteiger partial charge is 0.244 e. The SMILES string of the molecule is O=C(Cn1cccn1)N1CCC(S(=O)(=O)c2ccc(F)cc2)CC1. The minimum absolute atomic E-state index is 0.0728. The maximum absolute atomic E-state index is 13.0. The van der Waals surface area contributed by atoms with Crippen molar-refractivity contribution in [1.29, 1.82) is 0 Å². The number of likely N-dealkylation sites (tertiary alicyclic amines) is 1. The summed E-state index contributed by atoms with van der Waals surface area (Å²) in [5.74, 6) is -0.538. The van der Waals surface area contributed by atoms with Crippen LogP contribution in [0.15, 0.2) is 47.6 Å². The Kier molecular flexibility index (Phi) is 4.66. The van der Waals surface area contributed by atoms with Crippen LogP contribution in [0.25, 0.3) is 0 Å². The molecule has 0 bridgehead atoms. The van der Waals surface area contributed by atoms with Gasteiger partial charge in [-0.3, -0.25) is 9.48 Å². The van der Waals surface area contributed by atoms with Crippen LogP contribution in [0.5, 0.6) is 0 Å². The molecule has 24 heavy (non-hydrogen) atoms. The quantitative estimate of drug-likeness (QED) is 0.783. The second-order valence-corrected chi connectivity index (χ2v) is 8.01. The summed E-state index contributed by atoms with van der Waals surface area (Å²) in [7, 11) is -3.50. The molecule has 1 saturated heterocycles. The Morgan fingerprint density at radius 1 is 1.21 bits per heavy atom. The highest BCUT2D eigenvalue weighted by Gasteiger charge is 2.32. The number of amides is 1. The number of nitrogens with zero attached hydrogens (tertiary/aromatic N) is 3. The van der Waals surface area contributed by atoms with Gasteiger partial charge in [0.25, 0.3) is 0 Å². The van der Waals surface area contributed by atoms with Crippen molar-refractivity contribution in [2.24, 2.45) is 0 Å². The van der Waals surface area contributed by atoms with Crippen molar-refractivity contribution in [1.82, 2.24) is 14.7 Å². The first-order valence-corrected chi connectivity index (χ1v) is 9.26. The highest BCUT2D eigenvalue weighted by molar-refractivity contribution is 7.92. The second-order valence-electron chi connectivity index (χ2n) is 5.78. The third-order valence-electron chi connectivity index (χ3n) is 4.23. The first-order valence-electron chi connectivity index (χ1n) is 7.71. The van der Waals surface area contributed by atoms with Crippen molar-refractivity contribution in [3.63, 3.8) is 0 Å². The van der Waals surface area contributed by atoms with Gasteiger partial charge in [-0.1, -0.05) is 0 Å². The van der Waals surface area contributed by atoms with Gasteiger partial charge in [0.2, 0.25) is 5.91 Å². The maximum atomic E-state index is 13.0. The summed E-state index contributed by atoms with van der Waals surface area (Å²) in [5.41, 5.74) is 0. The van der Waals surface area contributed by atoms with E-state index in [1.54, 1.807) is 28.0 Å². The number of aromatic nitrogens is 2. The van der Waals surface area contributed by atoms with E-state index in [9.17, 15) is 17.6 Å². The van der Waals surface area contributed by atoms with Crippen molar-refractivity contribution < 1.29 is 17.6 Å². The van der Waals surface area contributed by atoms with Crippen LogP contribution in [0, 0.1) is 5.82 Å². The average molecular weight is 351 g/mol. The average Bonchev–Trinajstić information content (AvgIpc) is 3.08. The van der Waals surface area contributed by atoms with Gasteiger partial charge >= 0.3 is 0 Å². The number of piperidine rings is 1. The molecule has 1 amide bonds. The largest absolute Gasteiger partial charge is 0.341 e. The predicted molar refractivity (Wildman–Crippen MR) is 85.4 cm³/mol. The molecule has 1 aliphatic rings. The van der Waals surface area contributed by atoms with Gasteiger partial charge in [0.05, 0.1) is 10.1 Å². The summed E-state index contributed by atoms with van der Waals surface area (Å²) in [6.07, 6.45) is 4.08. The fourth-order valence-corrected chi connectivity index (χ4v) is 4.60. The van der Waals surface area contributed by atoms with Crippen molar-refractivity contribution in [3.8, 4) is 0 Å². The fraction of sp³-hybridized carbons (Fsp3) is 0.375. The van der Waals surface area contributed by atoms with Gasteiger partial charge in [0.15, 0.2) is 9.84 Å². The normalized spacial score (nSPS) is 16.3. The highest BCUT2D eigenvalue weighted by atomic mass is 32.2. The molecule has 3 rings (SSSR count). The van der Waals surface area contributed by atoms with Crippen molar-refractivity contribution in [2.45, 2.75) is 29.5 Å². The molecule has 0 N–H and O–H groups in total. The molecule has 0 aliphatic carbocycles. The van der Waals surface area contributed by atoms with Crippen LogP contribution >= 0.6 is 0 Å². The number of benzene rings is 1. The number of hydrogen-bond acceptors (Lipinski definition) is 4. The summed E-state index contributed by atoms with van der Waals surface area (Å²) >= 11 is 0. The van der Waals surface area contributed by atoms with Crippen LogP contribution in [0.2, 0.25) is 0 Å². The van der Waals surface area contributed by atoms with Crippen LogP contribution in [-0.2, 0) is 21.2 Å². The van der Waals surface area contributed by atoms with Crippen LogP contribution in [-0.4, -0.2) is 47.3 Å². The molecule has 1 aromatic carbocycles. The lowest BCUT2D eigenvalue weighted by molar-refractivity contribution is -0.132. The fourth-order valence-electron chi connectivity index (χ4n) is 2.86. The van der Waals surface area contributed by atoms with Crippen LogP contribution < -0.4 is 0 Å². The third-order valence-corrected chi connectivity index (χ3v) is 6.51. The maximum Gasteiger partial charge on any atom is 0.244 e. The van der Waals surface area contributed by atoms with Gasteiger partial charge in [0, 0.05) is 25.5 Å². The summed E-state index contributed by atoms with van der Waals surface area (Å²) in [6.45, 7) is 0.943. The van der Waals surface area contributed by atoms with E-state index >= 15 is 0 Å². The molecule has 128 valence electrons. The first-order chi connectivity index (χ1) is 11.5. The van der Waals surface area contributed by atoms with Crippen LogP contribution in [0.4, 0.5) is 4.39 Å². The minimum Gasteiger partial charge on any atom is -0.341 e. The molecule has 0 saturated carbocycles. The van der Waals surface area contributed by atoms with Gasteiger partial charge < -0.3 is 4.90 Å². The molecule has 2 aromatic rings. The molecule has 0 spiro atoms. The van der Waals surface area contributed by atoms with E-state index in [-0.39, 0.29) is 17.3 Å². The molecule has 2 heterocycles. The molecule has 0 atom stereocenters. The van der Waals surface area contributed by atoms with Crippen molar-refractivity contribution >= 4 is 15.7 Å². The zero-order chi connectivity index (χ0) is 17.2. The Balaban J connectivity index is 1.62. The topological polar surface area (TPSA) is 72.3 Å². The Morgan fingerprint density at radius 2 is 1.88 bits per heavy atom. The van der Waals surface area contributed by atoms with Crippen molar-refractivity contribution in [3.05, 3.63) is 48.5 Å². The highest BCUT2D eigenvalue weighted by Crippen LogP contribution is 2.25. The van der Waals surface area contributed by atoms with E-state index in [4.69, 9.17) is 0 Å². The van der Waals surface area contributed by atoms with Gasteiger partial charge in [-0.25, -0.2) is 12.8 Å². The molecular weight excluding hydrogens is 333 g/mol. The number of sulfone groups is 1. The van der Waals surface area contributed by atoms with E-state index in [1.807, 2.05) is 0 Å². The Labute approximate surface area is 139 Å². The lowest BCUT2D eigenvalue weighted by Gasteiger charge is -2.31. The molecule has 8 heteroatoms. The van der Waals surface area contributed by atoms with Crippen LogP contribution in [0.1, 0.15) is 12.8 Å². The number of hydrogen-bond donors (Lipinski definition) is 0. The standard InChI is InChI=1S/C16H18FN3O3S/c17-13-2-4-14(5-3-13)24(22,23)15-6-10-19(11-7-15)16(21)12-20-9-1-8-18-20/h1-5,8-9,15H,6-7,10-12H2. The lowest BCUT2D eigenvalue weighted by atomic mass is 10.1. The summed E-state index contributed by atoms with van der Waals surface area (Å²) < 4.78 is 39.7. The number of carbonyl (C=O) groups is 1. The number of halogens is 1. The molecule has 0 unspecified atom stereocenters. The Hall–Kier alpha value is -2.22. The molecule has 1 aliphatic heterocycles. The zero-order valence-electron chi connectivity index (χ0n) is 13.0. The van der Waals surface area contributed by atoms with E-state index in [1.165, 1.54) is 12.1 Å². The Bertz CT molecular complexity index is 796. The van der Waals surface area contributed by atoms with Crippen molar-refractivity contribution in [2.75, 3.05) is 13.1 Å². The van der Waals surface area contributed by atoms with Gasteiger partial charge in [-0.2, -0.15) is 5.10 Å². The third kappa shape index (κ3) is 3.48. The monoisotopic (exact) mass is 351 g/mol. The lowest BCUT2D eigenvalue weighted by Crippen LogP contribution is -2.43. The van der Waals surface area contributed by atoms with Gasteiger partial charge in [-0.15, -0.1) is 0 Å². The molecular formula is C16H18FN3O3S. The van der Waals surface area contributed by atoms with E-state index < -0.39 is 20.9 Å². The summed E-state index contributed by atoms with van der Waals surface area (Å²) in [6, 6.07) is 6.62. The number of carbonyl (C=O) groups excluding carboxylic acids is 1. The van der Waals surface area contributed by atoms with E-state index in [0.29, 0.717) is 25.9 Å². The first kappa shape index (κ1) is 16.6. The summed E-state index contributed by atoms with van der Waals surface area (Å²) in [5, 5.41) is 3.45. The zero-order valence-corrected chi connectivity index (χ0v) is 13.8. The minimum atomic E-state index is -3.50. The number of rotatable bonds is 4. The molecule has 1 fully saturated rings. The molecule has 6 nitrogen and oxygen atoms in total. The molecule has 1 aromatic heterocycles. The predicted octanol–water partition coefficient (Wildman–Crippen LogP) is 1.49. The van der Waals surface area contributed by atoms with Gasteiger partial charge in [-0.05, 0) is 43.2 Å². The second kappa shape index (κ2) is 6.72. The van der Waals surface area contributed by atoms with Crippen LogP contribution in [0.3, 0.4) is 0 Å².